The summed E-state index contributed by atoms with van der Waals surface area (Å²) in [7, 11) is 0. The number of carbonyl (C=O) groups excluding carboxylic acids is 3. The van der Waals surface area contributed by atoms with Crippen molar-refractivity contribution in [2.45, 2.75) is 44.9 Å². The number of hydrogen-bond acceptors (Lipinski definition) is 5. The molecular formula is C24H32FN3O5. The first-order valence-corrected chi connectivity index (χ1v) is 11.7. The van der Waals surface area contributed by atoms with Crippen LogP contribution in [-0.4, -0.2) is 90.2 Å². The second kappa shape index (κ2) is 9.77. The minimum atomic E-state index is -0.966. The third kappa shape index (κ3) is 4.89. The quantitative estimate of drug-likeness (QED) is 0.684. The molecule has 180 valence electrons. The molecule has 0 saturated carbocycles. The first-order valence-electron chi connectivity index (χ1n) is 11.7. The Morgan fingerprint density at radius 1 is 1.03 bits per heavy atom. The van der Waals surface area contributed by atoms with Gasteiger partial charge in [0.1, 0.15) is 17.6 Å². The van der Waals surface area contributed by atoms with Crippen molar-refractivity contribution in [1.29, 1.82) is 0 Å². The fourth-order valence-electron chi connectivity index (χ4n) is 4.87. The van der Waals surface area contributed by atoms with Crippen molar-refractivity contribution in [3.63, 3.8) is 0 Å². The summed E-state index contributed by atoms with van der Waals surface area (Å²) in [4.78, 5) is 44.7. The van der Waals surface area contributed by atoms with Crippen molar-refractivity contribution in [3.8, 4) is 0 Å². The Kier molecular flexibility index (Phi) is 6.99. The van der Waals surface area contributed by atoms with E-state index in [2.05, 4.69) is 0 Å². The fourth-order valence-corrected chi connectivity index (χ4v) is 4.87. The number of halogens is 1. The molecule has 9 heteroatoms. The van der Waals surface area contributed by atoms with Gasteiger partial charge in [0.2, 0.25) is 11.8 Å². The van der Waals surface area contributed by atoms with Gasteiger partial charge in [0.05, 0.1) is 19.8 Å². The van der Waals surface area contributed by atoms with Gasteiger partial charge in [-0.3, -0.25) is 19.3 Å². The van der Waals surface area contributed by atoms with Crippen molar-refractivity contribution >= 4 is 17.7 Å². The van der Waals surface area contributed by atoms with Gasteiger partial charge in [0.25, 0.3) is 5.91 Å². The first kappa shape index (κ1) is 23.6. The molecule has 3 aliphatic heterocycles. The first-order chi connectivity index (χ1) is 15.8. The number of amides is 3. The number of benzene rings is 1. The van der Waals surface area contributed by atoms with Gasteiger partial charge in [0.15, 0.2) is 0 Å². The van der Waals surface area contributed by atoms with Crippen LogP contribution in [0.5, 0.6) is 0 Å². The number of carbonyl (C=O) groups is 3. The number of rotatable bonds is 4. The molecule has 0 unspecified atom stereocenters. The van der Waals surface area contributed by atoms with Gasteiger partial charge in [-0.25, -0.2) is 4.39 Å². The number of piperidine rings is 1. The van der Waals surface area contributed by atoms with E-state index in [9.17, 15) is 18.8 Å². The number of hydrogen-bond donors (Lipinski definition) is 0. The average molecular weight is 462 g/mol. The van der Waals surface area contributed by atoms with E-state index < -0.39 is 17.6 Å². The van der Waals surface area contributed by atoms with Gasteiger partial charge < -0.3 is 19.3 Å². The second-order valence-corrected chi connectivity index (χ2v) is 9.37. The lowest BCUT2D eigenvalue weighted by atomic mass is 9.95. The van der Waals surface area contributed by atoms with Gasteiger partial charge >= 0.3 is 0 Å². The van der Waals surface area contributed by atoms with Crippen LogP contribution in [-0.2, 0) is 19.1 Å². The Labute approximate surface area is 193 Å². The highest BCUT2D eigenvalue weighted by Crippen LogP contribution is 2.39. The molecule has 1 spiro atoms. The number of nitrogens with zero attached hydrogens (tertiary/aromatic N) is 3. The molecular weight excluding hydrogens is 429 g/mol. The molecule has 3 aliphatic rings. The lowest BCUT2D eigenvalue weighted by Crippen LogP contribution is -2.60. The second-order valence-electron chi connectivity index (χ2n) is 9.37. The van der Waals surface area contributed by atoms with Crippen LogP contribution in [0.2, 0.25) is 0 Å². The summed E-state index contributed by atoms with van der Waals surface area (Å²) in [5.74, 6) is -0.597. The van der Waals surface area contributed by atoms with E-state index in [4.69, 9.17) is 9.47 Å². The summed E-state index contributed by atoms with van der Waals surface area (Å²) in [6.07, 6.45) is 1.33. The molecule has 0 radical (unpaired) electrons. The Morgan fingerprint density at radius 2 is 1.67 bits per heavy atom. The van der Waals surface area contributed by atoms with E-state index in [1.54, 1.807) is 9.80 Å². The lowest BCUT2D eigenvalue weighted by Gasteiger charge is -2.45. The molecule has 3 saturated heterocycles. The van der Waals surface area contributed by atoms with Gasteiger partial charge in [-0.1, -0.05) is 13.8 Å². The monoisotopic (exact) mass is 461 g/mol. The van der Waals surface area contributed by atoms with Gasteiger partial charge in [-0.2, -0.15) is 0 Å². The van der Waals surface area contributed by atoms with Crippen LogP contribution in [0, 0.1) is 11.7 Å². The van der Waals surface area contributed by atoms with E-state index in [1.165, 1.54) is 24.3 Å². The minimum absolute atomic E-state index is 0.0928. The Balaban J connectivity index is 1.58. The van der Waals surface area contributed by atoms with Crippen molar-refractivity contribution in [2.24, 2.45) is 5.92 Å². The largest absolute Gasteiger partial charge is 0.378 e. The molecule has 3 fully saturated rings. The maximum atomic E-state index is 13.6. The molecule has 33 heavy (non-hydrogen) atoms. The smallest absolute Gasteiger partial charge is 0.256 e. The molecule has 0 aromatic heterocycles. The average Bonchev–Trinajstić information content (AvgIpc) is 3.17. The van der Waals surface area contributed by atoms with Gasteiger partial charge in [-0.05, 0) is 30.2 Å². The molecule has 1 aromatic rings. The van der Waals surface area contributed by atoms with E-state index in [0.717, 1.165) is 0 Å². The summed E-state index contributed by atoms with van der Waals surface area (Å²) >= 11 is 0. The summed E-state index contributed by atoms with van der Waals surface area (Å²) in [5, 5.41) is 0. The zero-order valence-corrected chi connectivity index (χ0v) is 19.3. The van der Waals surface area contributed by atoms with Gasteiger partial charge in [0, 0.05) is 51.0 Å². The van der Waals surface area contributed by atoms with Crippen LogP contribution in [0.1, 0.15) is 43.5 Å². The van der Waals surface area contributed by atoms with Crippen molar-refractivity contribution in [2.75, 3.05) is 46.0 Å². The van der Waals surface area contributed by atoms with E-state index in [1.807, 2.05) is 18.7 Å². The molecule has 0 bridgehead atoms. The molecule has 1 aromatic carbocycles. The van der Waals surface area contributed by atoms with Crippen LogP contribution in [0.15, 0.2) is 24.3 Å². The fraction of sp³-hybridized carbons (Fsp3) is 0.625. The molecule has 0 N–H and O–H groups in total. The standard InChI is InChI=1S/C24H32FN3O5/c1-17(2)15-21(29)26-9-7-24(8-10-26)28(22(30)18-3-5-19(25)6-4-18)20(16-33-24)23(31)27-11-13-32-14-12-27/h3-6,17,20H,7-16H2,1-2H3/t20-/m0/s1. The number of likely N-dealkylation sites (tertiary alicyclic amines) is 1. The van der Waals surface area contributed by atoms with Crippen molar-refractivity contribution in [1.82, 2.24) is 14.7 Å². The predicted molar refractivity (Wildman–Crippen MR) is 118 cm³/mol. The highest BCUT2D eigenvalue weighted by Gasteiger charge is 2.54. The number of morpholine rings is 1. The normalized spacial score (nSPS) is 22.8. The highest BCUT2D eigenvalue weighted by molar-refractivity contribution is 5.98. The lowest BCUT2D eigenvalue weighted by molar-refractivity contribution is -0.147. The maximum Gasteiger partial charge on any atom is 0.256 e. The summed E-state index contributed by atoms with van der Waals surface area (Å²) < 4.78 is 25.0. The Bertz CT molecular complexity index is 877. The summed E-state index contributed by atoms with van der Waals surface area (Å²) in [5.41, 5.74) is -0.661. The molecule has 3 amide bonds. The van der Waals surface area contributed by atoms with Gasteiger partial charge in [-0.15, -0.1) is 0 Å². The third-order valence-electron chi connectivity index (χ3n) is 6.66. The van der Waals surface area contributed by atoms with E-state index in [-0.39, 0.29) is 30.2 Å². The van der Waals surface area contributed by atoms with E-state index in [0.29, 0.717) is 64.2 Å². The zero-order chi connectivity index (χ0) is 23.6. The molecule has 3 heterocycles. The Hall–Kier alpha value is -2.52. The van der Waals surface area contributed by atoms with Crippen LogP contribution < -0.4 is 0 Å². The minimum Gasteiger partial charge on any atom is -0.378 e. The third-order valence-corrected chi connectivity index (χ3v) is 6.66. The van der Waals surface area contributed by atoms with Crippen molar-refractivity contribution < 1.29 is 28.2 Å². The maximum absolute atomic E-state index is 13.6. The zero-order valence-electron chi connectivity index (χ0n) is 19.3. The number of ether oxygens (including phenoxy) is 2. The van der Waals surface area contributed by atoms with E-state index >= 15 is 0 Å². The topological polar surface area (TPSA) is 79.4 Å². The summed E-state index contributed by atoms with van der Waals surface area (Å²) in [6.45, 7) is 6.89. The van der Waals surface area contributed by atoms with Crippen LogP contribution >= 0.6 is 0 Å². The highest BCUT2D eigenvalue weighted by atomic mass is 19.1. The van der Waals surface area contributed by atoms with Crippen LogP contribution in [0.25, 0.3) is 0 Å². The van der Waals surface area contributed by atoms with Crippen molar-refractivity contribution in [3.05, 3.63) is 35.6 Å². The predicted octanol–water partition coefficient (Wildman–Crippen LogP) is 1.89. The van der Waals surface area contributed by atoms with Crippen LogP contribution in [0.3, 0.4) is 0 Å². The SMILES string of the molecule is CC(C)CC(=O)N1CCC2(CC1)OC[C@@H](C(=O)N1CCOCC1)N2C(=O)c1ccc(F)cc1. The molecule has 8 nitrogen and oxygen atoms in total. The van der Waals surface area contributed by atoms with Crippen LogP contribution in [0.4, 0.5) is 4.39 Å². The Morgan fingerprint density at radius 3 is 2.27 bits per heavy atom. The molecule has 4 rings (SSSR count). The molecule has 1 atom stereocenters. The molecule has 0 aliphatic carbocycles. The summed E-state index contributed by atoms with van der Waals surface area (Å²) in [6, 6.07) is 4.58.